The minimum atomic E-state index is -0.461. The molecule has 1 aliphatic rings. The molecule has 1 heterocycles. The van der Waals surface area contributed by atoms with Crippen molar-refractivity contribution in [3.63, 3.8) is 0 Å². The number of aryl methyl sites for hydroxylation is 1. The molecule has 2 rings (SSSR count). The van der Waals surface area contributed by atoms with Crippen LogP contribution in [0.5, 0.6) is 0 Å². The highest BCUT2D eigenvalue weighted by Crippen LogP contribution is 2.10. The molecule has 3 N–H and O–H groups in total. The van der Waals surface area contributed by atoms with E-state index < -0.39 is 6.10 Å². The number of aliphatic hydroxyl groups excluding tert-OH is 1. The van der Waals surface area contributed by atoms with Gasteiger partial charge in [-0.25, -0.2) is 4.39 Å². The Morgan fingerprint density at radius 1 is 1.61 bits per heavy atom. The van der Waals surface area contributed by atoms with Crippen LogP contribution in [0.25, 0.3) is 0 Å². The Hall–Kier alpha value is -1.46. The molecule has 1 aromatic carbocycles. The Kier molecular flexibility index (Phi) is 3.93. The van der Waals surface area contributed by atoms with Gasteiger partial charge in [0.1, 0.15) is 5.82 Å². The summed E-state index contributed by atoms with van der Waals surface area (Å²) >= 11 is 0. The first-order valence-electron chi connectivity index (χ1n) is 6.00. The summed E-state index contributed by atoms with van der Waals surface area (Å²) in [6.45, 7) is 2.43. The summed E-state index contributed by atoms with van der Waals surface area (Å²) in [6.07, 6.45) is -0.0359. The van der Waals surface area contributed by atoms with Crippen molar-refractivity contribution in [1.29, 1.82) is 0 Å². The van der Waals surface area contributed by atoms with Crippen LogP contribution >= 0.6 is 0 Å². The SMILES string of the molecule is Cc1ccc(CNC(=O)[C@@H]2C[C@H](O)CN2)cc1F. The van der Waals surface area contributed by atoms with E-state index in [2.05, 4.69) is 10.6 Å². The summed E-state index contributed by atoms with van der Waals surface area (Å²) < 4.78 is 13.3. The number of halogens is 1. The zero-order valence-electron chi connectivity index (χ0n) is 10.2. The lowest BCUT2D eigenvalue weighted by Crippen LogP contribution is -2.40. The molecule has 18 heavy (non-hydrogen) atoms. The van der Waals surface area contributed by atoms with Gasteiger partial charge in [-0.05, 0) is 30.5 Å². The summed E-state index contributed by atoms with van der Waals surface area (Å²) in [6, 6.07) is 4.55. The first-order valence-corrected chi connectivity index (χ1v) is 6.00. The normalized spacial score (nSPS) is 23.1. The number of carbonyl (C=O) groups excluding carboxylic acids is 1. The van der Waals surface area contributed by atoms with Crippen LogP contribution in [0.2, 0.25) is 0 Å². The summed E-state index contributed by atoms with van der Waals surface area (Å²) in [5, 5.41) is 15.0. The standard InChI is InChI=1S/C13H17FN2O2/c1-8-2-3-9(4-11(8)14)6-16-13(18)12-5-10(17)7-15-12/h2-4,10,12,15,17H,5-7H2,1H3,(H,16,18)/t10-,12-/m0/s1. The van der Waals surface area contributed by atoms with Crippen molar-refractivity contribution >= 4 is 5.91 Å². The summed E-state index contributed by atoms with van der Waals surface area (Å²) in [7, 11) is 0. The third-order valence-electron chi connectivity index (χ3n) is 3.13. The van der Waals surface area contributed by atoms with Gasteiger partial charge in [-0.1, -0.05) is 12.1 Å². The van der Waals surface area contributed by atoms with Gasteiger partial charge in [-0.15, -0.1) is 0 Å². The maximum Gasteiger partial charge on any atom is 0.237 e. The molecule has 0 radical (unpaired) electrons. The molecule has 0 bridgehead atoms. The fourth-order valence-electron chi connectivity index (χ4n) is 1.98. The molecule has 98 valence electrons. The number of nitrogens with one attached hydrogen (secondary N) is 2. The molecule has 2 atom stereocenters. The van der Waals surface area contributed by atoms with Crippen molar-refractivity contribution in [3.8, 4) is 0 Å². The minimum Gasteiger partial charge on any atom is -0.392 e. The van der Waals surface area contributed by atoms with Crippen LogP contribution in [0, 0.1) is 12.7 Å². The molecular weight excluding hydrogens is 235 g/mol. The van der Waals surface area contributed by atoms with Crippen molar-refractivity contribution < 1.29 is 14.3 Å². The summed E-state index contributed by atoms with van der Waals surface area (Å²) in [4.78, 5) is 11.7. The minimum absolute atomic E-state index is 0.160. The molecule has 5 heteroatoms. The van der Waals surface area contributed by atoms with E-state index in [4.69, 9.17) is 0 Å². The monoisotopic (exact) mass is 252 g/mol. The van der Waals surface area contributed by atoms with Gasteiger partial charge in [-0.3, -0.25) is 4.79 Å². The van der Waals surface area contributed by atoms with Crippen LogP contribution in [0.4, 0.5) is 4.39 Å². The van der Waals surface area contributed by atoms with Gasteiger partial charge in [0, 0.05) is 13.1 Å². The summed E-state index contributed by atoms with van der Waals surface area (Å²) in [5.74, 6) is -0.427. The molecule has 0 saturated carbocycles. The topological polar surface area (TPSA) is 61.4 Å². The van der Waals surface area contributed by atoms with Crippen LogP contribution in [-0.4, -0.2) is 29.7 Å². The molecule has 4 nitrogen and oxygen atoms in total. The van der Waals surface area contributed by atoms with E-state index in [0.717, 1.165) is 5.56 Å². The number of hydrogen-bond donors (Lipinski definition) is 3. The Morgan fingerprint density at radius 3 is 3.00 bits per heavy atom. The maximum absolute atomic E-state index is 13.3. The molecule has 0 unspecified atom stereocenters. The number of benzene rings is 1. The van der Waals surface area contributed by atoms with Gasteiger partial charge in [0.05, 0.1) is 12.1 Å². The molecule has 0 spiro atoms. The molecule has 1 saturated heterocycles. The van der Waals surface area contributed by atoms with E-state index >= 15 is 0 Å². The lowest BCUT2D eigenvalue weighted by atomic mass is 10.1. The highest BCUT2D eigenvalue weighted by atomic mass is 19.1. The number of hydrogen-bond acceptors (Lipinski definition) is 3. The van der Waals surface area contributed by atoms with E-state index in [1.165, 1.54) is 6.07 Å². The molecule has 1 aliphatic heterocycles. The van der Waals surface area contributed by atoms with Crippen molar-refractivity contribution in [3.05, 3.63) is 35.1 Å². The van der Waals surface area contributed by atoms with Gasteiger partial charge in [0.15, 0.2) is 0 Å². The van der Waals surface area contributed by atoms with Gasteiger partial charge < -0.3 is 15.7 Å². The molecule has 0 aromatic heterocycles. The smallest absolute Gasteiger partial charge is 0.237 e. The lowest BCUT2D eigenvalue weighted by Gasteiger charge is -2.11. The van der Waals surface area contributed by atoms with Crippen LogP contribution in [0.15, 0.2) is 18.2 Å². The van der Waals surface area contributed by atoms with Crippen LogP contribution in [0.3, 0.4) is 0 Å². The first-order chi connectivity index (χ1) is 8.56. The Bertz CT molecular complexity index is 451. The number of rotatable bonds is 3. The van der Waals surface area contributed by atoms with Crippen LogP contribution in [0.1, 0.15) is 17.5 Å². The van der Waals surface area contributed by atoms with E-state index in [1.807, 2.05) is 0 Å². The second-order valence-corrected chi connectivity index (χ2v) is 4.65. The number of aliphatic hydroxyl groups is 1. The van der Waals surface area contributed by atoms with Crippen molar-refractivity contribution in [2.45, 2.75) is 32.0 Å². The Balaban J connectivity index is 1.87. The first kappa shape index (κ1) is 13.0. The lowest BCUT2D eigenvalue weighted by molar-refractivity contribution is -0.123. The molecule has 1 aromatic rings. The number of carbonyl (C=O) groups is 1. The van der Waals surface area contributed by atoms with Gasteiger partial charge in [0.2, 0.25) is 5.91 Å². The molecule has 1 amide bonds. The average molecular weight is 252 g/mol. The highest BCUT2D eigenvalue weighted by Gasteiger charge is 2.27. The zero-order valence-corrected chi connectivity index (χ0v) is 10.2. The third kappa shape index (κ3) is 3.05. The molecule has 1 fully saturated rings. The average Bonchev–Trinajstić information content (AvgIpc) is 2.77. The second kappa shape index (κ2) is 5.46. The summed E-state index contributed by atoms with van der Waals surface area (Å²) in [5.41, 5.74) is 1.32. The zero-order chi connectivity index (χ0) is 13.1. The van der Waals surface area contributed by atoms with Crippen LogP contribution in [-0.2, 0) is 11.3 Å². The third-order valence-corrected chi connectivity index (χ3v) is 3.13. The predicted molar refractivity (Wildman–Crippen MR) is 65.4 cm³/mol. The molecule has 0 aliphatic carbocycles. The Morgan fingerprint density at radius 2 is 2.39 bits per heavy atom. The van der Waals surface area contributed by atoms with Crippen molar-refractivity contribution in [1.82, 2.24) is 10.6 Å². The van der Waals surface area contributed by atoms with Gasteiger partial charge >= 0.3 is 0 Å². The van der Waals surface area contributed by atoms with Crippen molar-refractivity contribution in [2.24, 2.45) is 0 Å². The van der Waals surface area contributed by atoms with E-state index in [1.54, 1.807) is 19.1 Å². The van der Waals surface area contributed by atoms with E-state index in [0.29, 0.717) is 25.1 Å². The van der Waals surface area contributed by atoms with E-state index in [9.17, 15) is 14.3 Å². The highest BCUT2D eigenvalue weighted by molar-refractivity contribution is 5.82. The van der Waals surface area contributed by atoms with E-state index in [-0.39, 0.29) is 17.8 Å². The Labute approximate surface area is 105 Å². The van der Waals surface area contributed by atoms with Gasteiger partial charge in [0.25, 0.3) is 0 Å². The maximum atomic E-state index is 13.3. The number of β-amino-alcohol motifs (C(OH)–C–C–N with tert-alkyl or cyclic N) is 1. The largest absolute Gasteiger partial charge is 0.392 e. The quantitative estimate of drug-likeness (QED) is 0.733. The number of amides is 1. The fourth-order valence-corrected chi connectivity index (χ4v) is 1.98. The van der Waals surface area contributed by atoms with Crippen LogP contribution < -0.4 is 10.6 Å². The second-order valence-electron chi connectivity index (χ2n) is 4.65. The predicted octanol–water partition coefficient (Wildman–Crippen LogP) is 0.473. The van der Waals surface area contributed by atoms with Crippen molar-refractivity contribution in [2.75, 3.05) is 6.54 Å². The fraction of sp³-hybridized carbons (Fsp3) is 0.462. The van der Waals surface area contributed by atoms with Gasteiger partial charge in [-0.2, -0.15) is 0 Å². The molecular formula is C13H17FN2O2.